The molecule has 0 amide bonds. The maximum Gasteiger partial charge on any atom is 0.165 e. The largest absolute Gasteiger partial charge is 0.375 e. The summed E-state index contributed by atoms with van der Waals surface area (Å²) >= 11 is 0. The first kappa shape index (κ1) is 13.9. The number of nitrogens with zero attached hydrogens (tertiary/aromatic N) is 1. The summed E-state index contributed by atoms with van der Waals surface area (Å²) in [6.45, 7) is 9.51. The summed E-state index contributed by atoms with van der Waals surface area (Å²) in [5.41, 5.74) is 2.22. The molecule has 3 rings (SSSR count). The van der Waals surface area contributed by atoms with Crippen LogP contribution in [0.15, 0.2) is 12.3 Å². The number of aromatic nitrogens is 1. The van der Waals surface area contributed by atoms with Crippen molar-refractivity contribution in [1.82, 2.24) is 4.57 Å². The number of ketones is 1. The summed E-state index contributed by atoms with van der Waals surface area (Å²) in [6.07, 6.45) is 5.85. The van der Waals surface area contributed by atoms with Crippen molar-refractivity contribution >= 4 is 5.78 Å². The standard InChI is InChI=1S/C17H25NO2/c1-16(2)10-14-13(15(19)11-16)5-7-18(14)12-6-8-20-17(3,4)9-12/h5,7,12H,6,8-11H2,1-4H3. The number of carbonyl (C=O) groups excluding carboxylic acids is 1. The van der Waals surface area contributed by atoms with E-state index in [1.807, 2.05) is 6.07 Å². The molecule has 0 bridgehead atoms. The van der Waals surface area contributed by atoms with E-state index in [9.17, 15) is 4.79 Å². The van der Waals surface area contributed by atoms with Crippen LogP contribution >= 0.6 is 0 Å². The Hall–Kier alpha value is -1.09. The van der Waals surface area contributed by atoms with Crippen molar-refractivity contribution in [3.05, 3.63) is 23.5 Å². The molecular weight excluding hydrogens is 250 g/mol. The molecule has 2 heterocycles. The SMILES string of the molecule is CC1(C)CC(=O)c2ccn(C3CCOC(C)(C)C3)c2C1. The predicted molar refractivity (Wildman–Crippen MR) is 79.2 cm³/mol. The van der Waals surface area contributed by atoms with Crippen LogP contribution in [0.3, 0.4) is 0 Å². The highest BCUT2D eigenvalue weighted by atomic mass is 16.5. The van der Waals surface area contributed by atoms with Crippen LogP contribution < -0.4 is 0 Å². The van der Waals surface area contributed by atoms with Crippen molar-refractivity contribution in [2.45, 2.75) is 65.0 Å². The molecule has 0 spiro atoms. The minimum Gasteiger partial charge on any atom is -0.375 e. The topological polar surface area (TPSA) is 31.2 Å². The van der Waals surface area contributed by atoms with E-state index in [2.05, 4.69) is 38.5 Å². The quantitative estimate of drug-likeness (QED) is 0.781. The van der Waals surface area contributed by atoms with Crippen LogP contribution in [0.5, 0.6) is 0 Å². The third-order valence-electron chi connectivity index (χ3n) is 4.67. The molecule has 1 aromatic heterocycles. The van der Waals surface area contributed by atoms with Gasteiger partial charge in [-0.15, -0.1) is 0 Å². The van der Waals surface area contributed by atoms with Crippen LogP contribution in [-0.2, 0) is 11.2 Å². The van der Waals surface area contributed by atoms with Gasteiger partial charge in [0.05, 0.1) is 5.60 Å². The highest BCUT2D eigenvalue weighted by molar-refractivity contribution is 5.98. The molecule has 0 N–H and O–H groups in total. The Kier molecular flexibility index (Phi) is 3.09. The number of carbonyl (C=O) groups is 1. The van der Waals surface area contributed by atoms with Gasteiger partial charge in [0.25, 0.3) is 0 Å². The normalized spacial score (nSPS) is 28.2. The zero-order valence-corrected chi connectivity index (χ0v) is 13.0. The van der Waals surface area contributed by atoms with Gasteiger partial charge in [-0.1, -0.05) is 13.8 Å². The molecule has 1 aliphatic carbocycles. The van der Waals surface area contributed by atoms with Crippen LogP contribution in [0, 0.1) is 5.41 Å². The van der Waals surface area contributed by atoms with Gasteiger partial charge in [-0.05, 0) is 44.6 Å². The lowest BCUT2D eigenvalue weighted by molar-refractivity contribution is -0.0694. The van der Waals surface area contributed by atoms with Gasteiger partial charge in [0.15, 0.2) is 5.78 Å². The number of rotatable bonds is 1. The first-order valence-electron chi connectivity index (χ1n) is 7.64. The smallest absolute Gasteiger partial charge is 0.165 e. The Labute approximate surface area is 121 Å². The lowest BCUT2D eigenvalue weighted by Crippen LogP contribution is -2.36. The molecule has 2 aliphatic rings. The van der Waals surface area contributed by atoms with Gasteiger partial charge in [0, 0.05) is 36.5 Å². The zero-order valence-electron chi connectivity index (χ0n) is 13.0. The Balaban J connectivity index is 1.95. The summed E-state index contributed by atoms with van der Waals surface area (Å²) in [4.78, 5) is 12.3. The summed E-state index contributed by atoms with van der Waals surface area (Å²) in [6, 6.07) is 2.49. The van der Waals surface area contributed by atoms with Gasteiger partial charge in [-0.25, -0.2) is 0 Å². The van der Waals surface area contributed by atoms with E-state index in [1.54, 1.807) is 0 Å². The Morgan fingerprint density at radius 1 is 1.25 bits per heavy atom. The number of ether oxygens (including phenoxy) is 1. The van der Waals surface area contributed by atoms with Crippen molar-refractivity contribution < 1.29 is 9.53 Å². The van der Waals surface area contributed by atoms with E-state index in [1.165, 1.54) is 5.69 Å². The third-order valence-corrected chi connectivity index (χ3v) is 4.67. The van der Waals surface area contributed by atoms with E-state index < -0.39 is 0 Å². The maximum atomic E-state index is 12.3. The van der Waals surface area contributed by atoms with Crippen LogP contribution in [0.4, 0.5) is 0 Å². The molecule has 1 aliphatic heterocycles. The Morgan fingerprint density at radius 3 is 2.70 bits per heavy atom. The summed E-state index contributed by atoms with van der Waals surface area (Å²) in [7, 11) is 0. The maximum absolute atomic E-state index is 12.3. The average molecular weight is 275 g/mol. The van der Waals surface area contributed by atoms with Gasteiger partial charge >= 0.3 is 0 Å². The Bertz CT molecular complexity index is 539. The first-order chi connectivity index (χ1) is 9.27. The van der Waals surface area contributed by atoms with Crippen molar-refractivity contribution in [3.8, 4) is 0 Å². The van der Waals surface area contributed by atoms with Crippen LogP contribution in [0.1, 0.15) is 69.1 Å². The van der Waals surface area contributed by atoms with E-state index in [4.69, 9.17) is 4.74 Å². The molecular formula is C17H25NO2. The molecule has 0 aromatic carbocycles. The average Bonchev–Trinajstić information content (AvgIpc) is 2.69. The molecule has 110 valence electrons. The van der Waals surface area contributed by atoms with Gasteiger partial charge in [0.2, 0.25) is 0 Å². The molecule has 1 saturated heterocycles. The summed E-state index contributed by atoms with van der Waals surface area (Å²) in [5, 5.41) is 0. The molecule has 3 heteroatoms. The second kappa shape index (κ2) is 4.45. The number of Topliss-reactive ketones (excluding diaryl/α,β-unsaturated/α-hetero) is 1. The second-order valence-corrected chi connectivity index (χ2v) is 7.78. The zero-order chi connectivity index (χ0) is 14.5. The summed E-state index contributed by atoms with van der Waals surface area (Å²) in [5.74, 6) is 0.307. The highest BCUT2D eigenvalue weighted by Crippen LogP contribution is 2.39. The van der Waals surface area contributed by atoms with E-state index >= 15 is 0 Å². The first-order valence-corrected chi connectivity index (χ1v) is 7.64. The van der Waals surface area contributed by atoms with Crippen LogP contribution in [0.2, 0.25) is 0 Å². The fourth-order valence-electron chi connectivity index (χ4n) is 3.75. The number of hydrogen-bond acceptors (Lipinski definition) is 2. The molecule has 1 fully saturated rings. The molecule has 0 radical (unpaired) electrons. The second-order valence-electron chi connectivity index (χ2n) is 7.78. The molecule has 3 nitrogen and oxygen atoms in total. The predicted octanol–water partition coefficient (Wildman–Crippen LogP) is 3.77. The molecule has 1 aromatic rings. The fourth-order valence-corrected chi connectivity index (χ4v) is 3.75. The molecule has 1 atom stereocenters. The van der Waals surface area contributed by atoms with Crippen molar-refractivity contribution in [2.24, 2.45) is 5.41 Å². The van der Waals surface area contributed by atoms with Crippen LogP contribution in [-0.4, -0.2) is 22.6 Å². The van der Waals surface area contributed by atoms with Gasteiger partial charge in [0.1, 0.15) is 0 Å². The van der Waals surface area contributed by atoms with Gasteiger partial charge < -0.3 is 9.30 Å². The highest BCUT2D eigenvalue weighted by Gasteiger charge is 2.36. The Morgan fingerprint density at radius 2 is 2.00 bits per heavy atom. The van der Waals surface area contributed by atoms with E-state index in [0.717, 1.165) is 31.4 Å². The summed E-state index contributed by atoms with van der Waals surface area (Å²) < 4.78 is 8.18. The fraction of sp³-hybridized carbons (Fsp3) is 0.706. The van der Waals surface area contributed by atoms with Crippen molar-refractivity contribution in [1.29, 1.82) is 0 Å². The van der Waals surface area contributed by atoms with Gasteiger partial charge in [-0.2, -0.15) is 0 Å². The lowest BCUT2D eigenvalue weighted by atomic mass is 9.76. The van der Waals surface area contributed by atoms with E-state index in [-0.39, 0.29) is 11.0 Å². The molecule has 20 heavy (non-hydrogen) atoms. The van der Waals surface area contributed by atoms with E-state index in [0.29, 0.717) is 18.2 Å². The van der Waals surface area contributed by atoms with Crippen molar-refractivity contribution in [3.63, 3.8) is 0 Å². The van der Waals surface area contributed by atoms with Crippen LogP contribution in [0.25, 0.3) is 0 Å². The molecule has 0 saturated carbocycles. The number of hydrogen-bond donors (Lipinski definition) is 0. The lowest BCUT2D eigenvalue weighted by Gasteiger charge is -2.38. The third kappa shape index (κ3) is 2.44. The minimum atomic E-state index is -0.0612. The number of fused-ring (bicyclic) bond motifs is 1. The van der Waals surface area contributed by atoms with Gasteiger partial charge in [-0.3, -0.25) is 4.79 Å². The van der Waals surface area contributed by atoms with Crippen molar-refractivity contribution in [2.75, 3.05) is 6.61 Å². The minimum absolute atomic E-state index is 0.0612. The monoisotopic (exact) mass is 275 g/mol. The molecule has 1 unspecified atom stereocenters.